The van der Waals surface area contributed by atoms with Crippen LogP contribution in [0, 0.1) is 6.92 Å². The zero-order valence-corrected chi connectivity index (χ0v) is 10.7. The van der Waals surface area contributed by atoms with Gasteiger partial charge in [0.25, 0.3) is 0 Å². The summed E-state index contributed by atoms with van der Waals surface area (Å²) in [6.45, 7) is 5.87. The number of imidazole rings is 1. The van der Waals surface area contributed by atoms with E-state index in [0.717, 1.165) is 24.4 Å². The lowest BCUT2D eigenvalue weighted by Crippen LogP contribution is -2.01. The lowest BCUT2D eigenvalue weighted by Gasteiger charge is -2.04. The van der Waals surface area contributed by atoms with E-state index in [2.05, 4.69) is 39.9 Å². The average Bonchev–Trinajstić information content (AvgIpc) is 2.96. The molecular formula is C14H16N4. The zero-order chi connectivity index (χ0) is 12.5. The van der Waals surface area contributed by atoms with Crippen molar-refractivity contribution in [3.8, 4) is 0 Å². The molecule has 3 rings (SSSR count). The minimum atomic E-state index is 0.826. The van der Waals surface area contributed by atoms with Crippen LogP contribution in [0.5, 0.6) is 0 Å². The molecule has 0 fully saturated rings. The van der Waals surface area contributed by atoms with Gasteiger partial charge in [-0.25, -0.2) is 4.98 Å². The van der Waals surface area contributed by atoms with Gasteiger partial charge >= 0.3 is 0 Å². The van der Waals surface area contributed by atoms with E-state index in [1.165, 1.54) is 11.1 Å². The number of aromatic nitrogens is 4. The maximum Gasteiger partial charge on any atom is 0.107 e. The van der Waals surface area contributed by atoms with E-state index >= 15 is 0 Å². The van der Waals surface area contributed by atoms with Crippen molar-refractivity contribution in [2.45, 2.75) is 26.9 Å². The maximum atomic E-state index is 4.57. The standard InChI is InChI=1S/C14H16N4/c1-3-17-9-12(8-15-17)10-18-11(2)16-13-6-4-5-7-14(13)18/h4-9H,3,10H2,1-2H3. The van der Waals surface area contributed by atoms with Crippen molar-refractivity contribution in [1.82, 2.24) is 19.3 Å². The predicted molar refractivity (Wildman–Crippen MR) is 71.5 cm³/mol. The third-order valence-corrected chi connectivity index (χ3v) is 3.20. The van der Waals surface area contributed by atoms with Crippen molar-refractivity contribution in [3.63, 3.8) is 0 Å². The van der Waals surface area contributed by atoms with Gasteiger partial charge in [-0.3, -0.25) is 4.68 Å². The van der Waals surface area contributed by atoms with Gasteiger partial charge < -0.3 is 4.57 Å². The fourth-order valence-corrected chi connectivity index (χ4v) is 2.24. The lowest BCUT2D eigenvalue weighted by molar-refractivity contribution is 0.658. The minimum absolute atomic E-state index is 0.826. The fourth-order valence-electron chi connectivity index (χ4n) is 2.24. The molecule has 2 aromatic heterocycles. The SMILES string of the molecule is CCn1cc(Cn2c(C)nc3ccccc32)cn1. The third kappa shape index (κ3) is 1.79. The zero-order valence-electron chi connectivity index (χ0n) is 10.7. The van der Waals surface area contributed by atoms with Gasteiger partial charge in [-0.15, -0.1) is 0 Å². The first-order valence-corrected chi connectivity index (χ1v) is 6.21. The van der Waals surface area contributed by atoms with E-state index < -0.39 is 0 Å². The molecule has 0 aliphatic rings. The number of aryl methyl sites for hydroxylation is 2. The Kier molecular flexibility index (Phi) is 2.63. The summed E-state index contributed by atoms with van der Waals surface area (Å²) in [5.74, 6) is 1.04. The van der Waals surface area contributed by atoms with Crippen molar-refractivity contribution < 1.29 is 0 Å². The first kappa shape index (κ1) is 11.0. The molecule has 0 saturated heterocycles. The molecule has 0 atom stereocenters. The Morgan fingerprint density at radius 2 is 2.06 bits per heavy atom. The summed E-state index contributed by atoms with van der Waals surface area (Å²) in [5.41, 5.74) is 3.44. The molecule has 0 amide bonds. The molecule has 0 aliphatic heterocycles. The molecular weight excluding hydrogens is 224 g/mol. The molecule has 0 radical (unpaired) electrons. The van der Waals surface area contributed by atoms with E-state index in [0.29, 0.717) is 0 Å². The van der Waals surface area contributed by atoms with E-state index in [-0.39, 0.29) is 0 Å². The van der Waals surface area contributed by atoms with Crippen LogP contribution in [-0.2, 0) is 13.1 Å². The van der Waals surface area contributed by atoms with Gasteiger partial charge in [-0.2, -0.15) is 5.10 Å². The highest BCUT2D eigenvalue weighted by Gasteiger charge is 2.07. The monoisotopic (exact) mass is 240 g/mol. The fraction of sp³-hybridized carbons (Fsp3) is 0.286. The van der Waals surface area contributed by atoms with Crippen LogP contribution in [0.2, 0.25) is 0 Å². The second kappa shape index (κ2) is 4.29. The number of para-hydroxylation sites is 2. The molecule has 2 heterocycles. The average molecular weight is 240 g/mol. The smallest absolute Gasteiger partial charge is 0.107 e. The Balaban J connectivity index is 2.01. The molecule has 0 N–H and O–H groups in total. The molecule has 0 unspecified atom stereocenters. The highest BCUT2D eigenvalue weighted by atomic mass is 15.3. The van der Waals surface area contributed by atoms with Gasteiger partial charge in [0.05, 0.1) is 23.8 Å². The molecule has 0 spiro atoms. The largest absolute Gasteiger partial charge is 0.324 e. The van der Waals surface area contributed by atoms with Crippen molar-refractivity contribution in [3.05, 3.63) is 48.0 Å². The van der Waals surface area contributed by atoms with Gasteiger partial charge in [0.1, 0.15) is 5.82 Å². The molecule has 4 nitrogen and oxygen atoms in total. The first-order chi connectivity index (χ1) is 8.78. The minimum Gasteiger partial charge on any atom is -0.324 e. The Bertz CT molecular complexity index is 678. The summed E-state index contributed by atoms with van der Waals surface area (Å²) in [6, 6.07) is 8.23. The second-order valence-electron chi connectivity index (χ2n) is 4.44. The lowest BCUT2D eigenvalue weighted by atomic mass is 10.3. The summed E-state index contributed by atoms with van der Waals surface area (Å²) in [4.78, 5) is 4.57. The number of benzene rings is 1. The van der Waals surface area contributed by atoms with Gasteiger partial charge in [-0.05, 0) is 26.0 Å². The molecule has 0 aliphatic carbocycles. The summed E-state index contributed by atoms with van der Waals surface area (Å²) >= 11 is 0. The number of fused-ring (bicyclic) bond motifs is 1. The van der Waals surface area contributed by atoms with Gasteiger partial charge in [0.2, 0.25) is 0 Å². The summed E-state index contributed by atoms with van der Waals surface area (Å²) in [6.07, 6.45) is 4.02. The molecule has 3 aromatic rings. The Morgan fingerprint density at radius 3 is 2.83 bits per heavy atom. The number of hydrogen-bond donors (Lipinski definition) is 0. The second-order valence-corrected chi connectivity index (χ2v) is 4.44. The van der Waals surface area contributed by atoms with Crippen LogP contribution in [0.1, 0.15) is 18.3 Å². The van der Waals surface area contributed by atoms with Gasteiger partial charge in [0, 0.05) is 18.3 Å². The molecule has 92 valence electrons. The number of rotatable bonds is 3. The Morgan fingerprint density at radius 1 is 1.22 bits per heavy atom. The van der Waals surface area contributed by atoms with Crippen molar-refractivity contribution >= 4 is 11.0 Å². The van der Waals surface area contributed by atoms with Crippen LogP contribution in [0.15, 0.2) is 36.7 Å². The predicted octanol–water partition coefficient (Wildman–Crippen LogP) is 2.61. The highest BCUT2D eigenvalue weighted by molar-refractivity contribution is 5.75. The normalized spacial score (nSPS) is 11.2. The van der Waals surface area contributed by atoms with E-state index in [9.17, 15) is 0 Å². The molecule has 4 heteroatoms. The summed E-state index contributed by atoms with van der Waals surface area (Å²) < 4.78 is 4.18. The van der Waals surface area contributed by atoms with Gasteiger partial charge in [0.15, 0.2) is 0 Å². The number of hydrogen-bond acceptors (Lipinski definition) is 2. The van der Waals surface area contributed by atoms with Crippen LogP contribution in [0.25, 0.3) is 11.0 Å². The first-order valence-electron chi connectivity index (χ1n) is 6.21. The molecule has 1 aromatic carbocycles. The van der Waals surface area contributed by atoms with Crippen molar-refractivity contribution in [1.29, 1.82) is 0 Å². The van der Waals surface area contributed by atoms with E-state index in [4.69, 9.17) is 0 Å². The van der Waals surface area contributed by atoms with Crippen LogP contribution in [0.4, 0.5) is 0 Å². The molecule has 0 saturated carbocycles. The molecule has 0 bridgehead atoms. The quantitative estimate of drug-likeness (QED) is 0.705. The van der Waals surface area contributed by atoms with Crippen LogP contribution >= 0.6 is 0 Å². The van der Waals surface area contributed by atoms with Crippen LogP contribution < -0.4 is 0 Å². The van der Waals surface area contributed by atoms with Gasteiger partial charge in [-0.1, -0.05) is 12.1 Å². The van der Waals surface area contributed by atoms with Crippen LogP contribution in [0.3, 0.4) is 0 Å². The maximum absolute atomic E-state index is 4.57. The number of nitrogens with zero attached hydrogens (tertiary/aromatic N) is 4. The highest BCUT2D eigenvalue weighted by Crippen LogP contribution is 2.17. The summed E-state index contributed by atoms with van der Waals surface area (Å²) in [5, 5.41) is 4.31. The topological polar surface area (TPSA) is 35.6 Å². The Labute approximate surface area is 106 Å². The summed E-state index contributed by atoms with van der Waals surface area (Å²) in [7, 11) is 0. The Hall–Kier alpha value is -2.10. The molecule has 18 heavy (non-hydrogen) atoms. The van der Waals surface area contributed by atoms with Crippen LogP contribution in [-0.4, -0.2) is 19.3 Å². The third-order valence-electron chi connectivity index (χ3n) is 3.20. The van der Waals surface area contributed by atoms with E-state index in [1.807, 2.05) is 29.9 Å². The van der Waals surface area contributed by atoms with Crippen molar-refractivity contribution in [2.24, 2.45) is 0 Å². The van der Waals surface area contributed by atoms with E-state index in [1.54, 1.807) is 0 Å². The van der Waals surface area contributed by atoms with Crippen molar-refractivity contribution in [2.75, 3.05) is 0 Å².